The summed E-state index contributed by atoms with van der Waals surface area (Å²) in [5.74, 6) is -0.975. The number of amides is 1. The summed E-state index contributed by atoms with van der Waals surface area (Å²) in [6, 6.07) is 11.9. The molecule has 1 amide bonds. The number of nitrogens with one attached hydrogen (secondary N) is 2. The zero-order valence-electron chi connectivity index (χ0n) is 12.4. The molecule has 2 rings (SSSR count). The number of benzene rings is 2. The van der Waals surface area contributed by atoms with Gasteiger partial charge in [-0.2, -0.15) is 0 Å². The number of carbonyl (C=O) groups is 1. The van der Waals surface area contributed by atoms with Crippen LogP contribution < -0.4 is 10.3 Å². The first-order valence-corrected chi connectivity index (χ1v) is 8.75. The zero-order chi connectivity index (χ0) is 17.6. The van der Waals surface area contributed by atoms with Gasteiger partial charge in [0.05, 0.1) is 6.42 Å². The van der Waals surface area contributed by atoms with E-state index in [4.69, 9.17) is 11.6 Å². The Balaban J connectivity index is 1.88. The van der Waals surface area contributed by atoms with E-state index >= 15 is 0 Å². The minimum absolute atomic E-state index is 0.0797. The van der Waals surface area contributed by atoms with E-state index in [2.05, 4.69) is 5.43 Å². The van der Waals surface area contributed by atoms with Crippen LogP contribution in [0.25, 0.3) is 6.08 Å². The van der Waals surface area contributed by atoms with Gasteiger partial charge in [0.1, 0.15) is 5.82 Å². The van der Waals surface area contributed by atoms with Crippen LogP contribution in [-0.2, 0) is 21.2 Å². The largest absolute Gasteiger partial charge is 0.277 e. The predicted octanol–water partition coefficient (Wildman–Crippen LogP) is 2.64. The van der Waals surface area contributed by atoms with E-state index in [-0.39, 0.29) is 6.42 Å². The number of rotatable bonds is 6. The van der Waals surface area contributed by atoms with Gasteiger partial charge in [0.2, 0.25) is 5.91 Å². The lowest BCUT2D eigenvalue weighted by Gasteiger charge is -2.06. The summed E-state index contributed by atoms with van der Waals surface area (Å²) in [4.78, 5) is 13.6. The molecule has 0 aliphatic carbocycles. The molecule has 2 aromatic carbocycles. The Labute approximate surface area is 144 Å². The maximum atomic E-state index is 12.8. The highest BCUT2D eigenvalue weighted by atomic mass is 35.5. The monoisotopic (exact) mass is 368 g/mol. The highest BCUT2D eigenvalue weighted by Crippen LogP contribution is 2.11. The second-order valence-corrected chi connectivity index (χ2v) is 6.86. The molecule has 0 spiro atoms. The third-order valence-electron chi connectivity index (χ3n) is 2.92. The van der Waals surface area contributed by atoms with E-state index < -0.39 is 21.7 Å². The van der Waals surface area contributed by atoms with Gasteiger partial charge in [-0.3, -0.25) is 10.2 Å². The van der Waals surface area contributed by atoms with Crippen molar-refractivity contribution in [3.05, 3.63) is 75.9 Å². The predicted molar refractivity (Wildman–Crippen MR) is 90.8 cm³/mol. The average Bonchev–Trinajstić information content (AvgIpc) is 2.55. The molecular formula is C16H14ClFN2O3S. The summed E-state index contributed by atoms with van der Waals surface area (Å²) in [5.41, 5.74) is 3.29. The first-order valence-electron chi connectivity index (χ1n) is 6.83. The van der Waals surface area contributed by atoms with Gasteiger partial charge in [0, 0.05) is 10.4 Å². The Morgan fingerprint density at radius 1 is 1.08 bits per heavy atom. The Bertz CT molecular complexity index is 835. The van der Waals surface area contributed by atoms with Gasteiger partial charge in [-0.05, 0) is 41.5 Å². The summed E-state index contributed by atoms with van der Waals surface area (Å²) in [7, 11) is -3.84. The number of hydrazine groups is 1. The number of hydrogen-bond acceptors (Lipinski definition) is 3. The van der Waals surface area contributed by atoms with Crippen molar-refractivity contribution in [2.45, 2.75) is 6.42 Å². The Morgan fingerprint density at radius 2 is 1.71 bits per heavy atom. The third-order valence-corrected chi connectivity index (χ3v) is 4.05. The lowest BCUT2D eigenvalue weighted by molar-refractivity contribution is -0.120. The van der Waals surface area contributed by atoms with Crippen LogP contribution in [0, 0.1) is 5.82 Å². The maximum absolute atomic E-state index is 12.8. The molecule has 8 heteroatoms. The molecule has 0 fully saturated rings. The van der Waals surface area contributed by atoms with Gasteiger partial charge in [-0.15, -0.1) is 4.83 Å². The average molecular weight is 369 g/mol. The van der Waals surface area contributed by atoms with E-state index in [1.807, 2.05) is 4.83 Å². The molecule has 0 bridgehead atoms. The summed E-state index contributed by atoms with van der Waals surface area (Å²) in [6.45, 7) is 0. The molecule has 0 unspecified atom stereocenters. The van der Waals surface area contributed by atoms with Crippen molar-refractivity contribution in [3.63, 3.8) is 0 Å². The van der Waals surface area contributed by atoms with Crippen LogP contribution in [0.1, 0.15) is 11.1 Å². The molecule has 0 saturated carbocycles. The molecule has 2 aromatic rings. The van der Waals surface area contributed by atoms with Crippen LogP contribution >= 0.6 is 11.6 Å². The van der Waals surface area contributed by atoms with E-state index in [1.165, 1.54) is 30.3 Å². The second kappa shape index (κ2) is 8.05. The van der Waals surface area contributed by atoms with Gasteiger partial charge in [0.25, 0.3) is 10.0 Å². The quantitative estimate of drug-likeness (QED) is 0.770. The summed E-state index contributed by atoms with van der Waals surface area (Å²) in [6.07, 6.45) is 1.29. The van der Waals surface area contributed by atoms with Crippen LogP contribution in [0.4, 0.5) is 4.39 Å². The molecule has 0 aliphatic rings. The van der Waals surface area contributed by atoms with Gasteiger partial charge in [0.15, 0.2) is 0 Å². The van der Waals surface area contributed by atoms with E-state index in [0.29, 0.717) is 16.1 Å². The van der Waals surface area contributed by atoms with Crippen molar-refractivity contribution in [2.75, 3.05) is 0 Å². The second-order valence-electron chi connectivity index (χ2n) is 4.85. The first kappa shape index (κ1) is 18.1. The molecule has 0 saturated heterocycles. The van der Waals surface area contributed by atoms with E-state index in [1.54, 1.807) is 24.3 Å². The van der Waals surface area contributed by atoms with Crippen molar-refractivity contribution >= 4 is 33.6 Å². The van der Waals surface area contributed by atoms with E-state index in [9.17, 15) is 17.6 Å². The fourth-order valence-corrected chi connectivity index (χ4v) is 2.52. The molecule has 0 radical (unpaired) electrons. The summed E-state index contributed by atoms with van der Waals surface area (Å²) < 4.78 is 36.3. The topological polar surface area (TPSA) is 75.3 Å². The lowest BCUT2D eigenvalue weighted by Crippen LogP contribution is -2.41. The first-order chi connectivity index (χ1) is 11.3. The molecular weight excluding hydrogens is 355 g/mol. The smallest absolute Gasteiger partial charge is 0.250 e. The molecule has 24 heavy (non-hydrogen) atoms. The Hall–Kier alpha value is -2.22. The molecule has 0 aliphatic heterocycles. The lowest BCUT2D eigenvalue weighted by atomic mass is 10.1. The van der Waals surface area contributed by atoms with Gasteiger partial charge in [-0.1, -0.05) is 35.9 Å². The van der Waals surface area contributed by atoms with Gasteiger partial charge >= 0.3 is 0 Å². The fraction of sp³-hybridized carbons (Fsp3) is 0.0625. The molecule has 2 N–H and O–H groups in total. The molecule has 0 atom stereocenters. The number of hydrogen-bond donors (Lipinski definition) is 2. The van der Waals surface area contributed by atoms with Gasteiger partial charge < -0.3 is 0 Å². The SMILES string of the molecule is O=C(Cc1ccc(F)cc1)NNS(=O)(=O)/C=C/c1ccc(Cl)cc1. The van der Waals surface area contributed by atoms with Crippen LogP contribution in [0.2, 0.25) is 5.02 Å². The minimum Gasteiger partial charge on any atom is -0.277 e. The number of sulfonamides is 1. The Kier molecular flexibility index (Phi) is 6.08. The van der Waals surface area contributed by atoms with Crippen molar-refractivity contribution < 1.29 is 17.6 Å². The minimum atomic E-state index is -3.84. The summed E-state index contributed by atoms with van der Waals surface area (Å²) in [5, 5.41) is 1.47. The molecule has 126 valence electrons. The van der Waals surface area contributed by atoms with Crippen LogP contribution in [0.15, 0.2) is 53.9 Å². The Morgan fingerprint density at radius 3 is 2.33 bits per heavy atom. The number of halogens is 2. The molecule has 0 heterocycles. The van der Waals surface area contributed by atoms with Crippen molar-refractivity contribution in [1.82, 2.24) is 10.3 Å². The normalized spacial score (nSPS) is 11.6. The third kappa shape index (κ3) is 6.11. The van der Waals surface area contributed by atoms with Crippen LogP contribution in [0.3, 0.4) is 0 Å². The molecule has 5 nitrogen and oxygen atoms in total. The maximum Gasteiger partial charge on any atom is 0.250 e. The fourth-order valence-electron chi connectivity index (χ4n) is 1.74. The van der Waals surface area contributed by atoms with Crippen LogP contribution in [0.5, 0.6) is 0 Å². The van der Waals surface area contributed by atoms with Crippen LogP contribution in [-0.4, -0.2) is 14.3 Å². The van der Waals surface area contributed by atoms with Crippen molar-refractivity contribution in [1.29, 1.82) is 0 Å². The highest BCUT2D eigenvalue weighted by Gasteiger charge is 2.08. The van der Waals surface area contributed by atoms with Crippen molar-refractivity contribution in [2.24, 2.45) is 0 Å². The van der Waals surface area contributed by atoms with Gasteiger partial charge in [-0.25, -0.2) is 12.8 Å². The summed E-state index contributed by atoms with van der Waals surface area (Å²) >= 11 is 5.74. The zero-order valence-corrected chi connectivity index (χ0v) is 13.9. The van der Waals surface area contributed by atoms with E-state index in [0.717, 1.165) is 5.41 Å². The van der Waals surface area contributed by atoms with Crippen molar-refractivity contribution in [3.8, 4) is 0 Å². The number of carbonyl (C=O) groups excluding carboxylic acids is 1. The standard InChI is InChI=1S/C16H14ClFN2O3S/c17-14-5-1-12(2-6-14)9-10-24(22,23)20-19-16(21)11-13-3-7-15(18)8-4-13/h1-10,20H,11H2,(H,19,21)/b10-9+. The highest BCUT2D eigenvalue weighted by molar-refractivity contribution is 7.92. The molecule has 0 aromatic heterocycles.